The van der Waals surface area contributed by atoms with E-state index in [0.717, 1.165) is 25.1 Å². The normalized spacial score (nSPS) is 12.3. The SMILES string of the molecule is CC(=O)Cc1cc(OC(F)(F)F)ccc1SC(F)(F)F. The highest BCUT2D eigenvalue weighted by Gasteiger charge is 2.33. The van der Waals surface area contributed by atoms with Crippen LogP contribution < -0.4 is 4.74 Å². The monoisotopic (exact) mass is 318 g/mol. The van der Waals surface area contributed by atoms with Crippen molar-refractivity contribution in [2.24, 2.45) is 0 Å². The number of Topliss-reactive ketones (excluding diaryl/α,β-unsaturated/α-hetero) is 1. The van der Waals surface area contributed by atoms with Gasteiger partial charge in [-0.25, -0.2) is 0 Å². The van der Waals surface area contributed by atoms with E-state index >= 15 is 0 Å². The molecule has 0 N–H and O–H groups in total. The van der Waals surface area contributed by atoms with Crippen molar-refractivity contribution in [1.29, 1.82) is 0 Å². The van der Waals surface area contributed by atoms with Gasteiger partial charge in [0, 0.05) is 11.3 Å². The molecule has 112 valence electrons. The van der Waals surface area contributed by atoms with Crippen molar-refractivity contribution in [3.8, 4) is 5.75 Å². The second-order valence-corrected chi connectivity index (χ2v) is 4.85. The van der Waals surface area contributed by atoms with Crippen LogP contribution in [0.2, 0.25) is 0 Å². The molecule has 0 aliphatic heterocycles. The first kappa shape index (κ1) is 16.7. The van der Waals surface area contributed by atoms with Crippen LogP contribution in [0.5, 0.6) is 5.75 Å². The zero-order valence-corrected chi connectivity index (χ0v) is 10.7. The van der Waals surface area contributed by atoms with Gasteiger partial charge in [0.25, 0.3) is 0 Å². The van der Waals surface area contributed by atoms with Crippen LogP contribution in [0.25, 0.3) is 0 Å². The smallest absolute Gasteiger partial charge is 0.406 e. The topological polar surface area (TPSA) is 26.3 Å². The molecule has 0 aliphatic rings. The van der Waals surface area contributed by atoms with Crippen LogP contribution in [0, 0.1) is 0 Å². The van der Waals surface area contributed by atoms with E-state index < -0.39 is 41.6 Å². The number of alkyl halides is 6. The number of carbonyl (C=O) groups excluding carboxylic acids is 1. The van der Waals surface area contributed by atoms with Gasteiger partial charge in [-0.1, -0.05) is 0 Å². The molecule has 0 unspecified atom stereocenters. The second kappa shape index (κ2) is 5.94. The number of benzene rings is 1. The van der Waals surface area contributed by atoms with Gasteiger partial charge in [-0.15, -0.1) is 13.2 Å². The summed E-state index contributed by atoms with van der Waals surface area (Å²) in [7, 11) is 0. The Labute approximate surface area is 114 Å². The van der Waals surface area contributed by atoms with Crippen LogP contribution in [0.1, 0.15) is 12.5 Å². The second-order valence-electron chi connectivity index (χ2n) is 3.74. The highest BCUT2D eigenvalue weighted by molar-refractivity contribution is 8.00. The Kier molecular flexibility index (Phi) is 4.95. The third-order valence-electron chi connectivity index (χ3n) is 1.93. The molecule has 1 rings (SSSR count). The Hall–Kier alpha value is -1.38. The van der Waals surface area contributed by atoms with Gasteiger partial charge >= 0.3 is 11.9 Å². The molecule has 2 nitrogen and oxygen atoms in total. The van der Waals surface area contributed by atoms with Gasteiger partial charge in [-0.05, 0) is 42.4 Å². The quantitative estimate of drug-likeness (QED) is 0.610. The molecule has 1 aromatic rings. The molecule has 0 atom stereocenters. The van der Waals surface area contributed by atoms with Gasteiger partial charge < -0.3 is 4.74 Å². The predicted molar refractivity (Wildman–Crippen MR) is 59.4 cm³/mol. The lowest BCUT2D eigenvalue weighted by atomic mass is 10.1. The Balaban J connectivity index is 3.09. The third kappa shape index (κ3) is 6.18. The minimum Gasteiger partial charge on any atom is -0.406 e. The summed E-state index contributed by atoms with van der Waals surface area (Å²) in [5.74, 6) is -1.14. The lowest BCUT2D eigenvalue weighted by Gasteiger charge is -2.14. The molecule has 0 saturated carbocycles. The van der Waals surface area contributed by atoms with Crippen LogP contribution in [-0.4, -0.2) is 17.7 Å². The fraction of sp³-hybridized carbons (Fsp3) is 0.364. The first-order chi connectivity index (χ1) is 8.96. The Bertz CT molecular complexity index is 495. The summed E-state index contributed by atoms with van der Waals surface area (Å²) >= 11 is -0.493. The molecule has 0 aliphatic carbocycles. The van der Waals surface area contributed by atoms with Gasteiger partial charge in [-0.2, -0.15) is 13.2 Å². The summed E-state index contributed by atoms with van der Waals surface area (Å²) in [6, 6.07) is 2.39. The van der Waals surface area contributed by atoms with Gasteiger partial charge in [0.2, 0.25) is 0 Å². The van der Waals surface area contributed by atoms with Crippen molar-refractivity contribution in [2.45, 2.75) is 30.1 Å². The molecule has 20 heavy (non-hydrogen) atoms. The van der Waals surface area contributed by atoms with Crippen molar-refractivity contribution < 1.29 is 35.9 Å². The molecule has 0 aromatic heterocycles. The minimum absolute atomic E-state index is 0.165. The molecule has 9 heteroatoms. The summed E-state index contributed by atoms with van der Waals surface area (Å²) in [4.78, 5) is 10.6. The van der Waals surface area contributed by atoms with Crippen molar-refractivity contribution in [2.75, 3.05) is 0 Å². The molecule has 0 amide bonds. The van der Waals surface area contributed by atoms with Crippen LogP contribution >= 0.6 is 11.8 Å². The number of halogens is 6. The van der Waals surface area contributed by atoms with Crippen molar-refractivity contribution >= 4 is 17.5 Å². The fourth-order valence-electron chi connectivity index (χ4n) is 1.38. The fourth-order valence-corrected chi connectivity index (χ4v) is 2.03. The van der Waals surface area contributed by atoms with E-state index in [0.29, 0.717) is 0 Å². The first-order valence-electron chi connectivity index (χ1n) is 5.10. The average Bonchev–Trinajstić information content (AvgIpc) is 2.16. The number of ketones is 1. The summed E-state index contributed by atoms with van der Waals surface area (Å²) < 4.78 is 76.6. The Morgan fingerprint density at radius 1 is 1.20 bits per heavy atom. The summed E-state index contributed by atoms with van der Waals surface area (Å²) in [5.41, 5.74) is -4.76. The zero-order valence-electron chi connectivity index (χ0n) is 9.93. The van der Waals surface area contributed by atoms with Crippen LogP contribution in [0.3, 0.4) is 0 Å². The maximum Gasteiger partial charge on any atom is 0.573 e. The van der Waals surface area contributed by atoms with E-state index in [9.17, 15) is 31.1 Å². The van der Waals surface area contributed by atoms with Gasteiger partial charge in [0.1, 0.15) is 11.5 Å². The van der Waals surface area contributed by atoms with Crippen molar-refractivity contribution in [3.05, 3.63) is 23.8 Å². The van der Waals surface area contributed by atoms with E-state index in [4.69, 9.17) is 0 Å². The third-order valence-corrected chi connectivity index (χ3v) is 2.78. The molecular weight excluding hydrogens is 310 g/mol. The van der Waals surface area contributed by atoms with Gasteiger partial charge in [0.05, 0.1) is 0 Å². The molecular formula is C11H8F6O2S. The van der Waals surface area contributed by atoms with Crippen LogP contribution in [0.15, 0.2) is 23.1 Å². The standard InChI is InChI=1S/C11H8F6O2S/c1-6(18)4-7-5-8(19-10(12,13)14)2-3-9(7)20-11(15,16)17/h2-3,5H,4H2,1H3. The summed E-state index contributed by atoms with van der Waals surface area (Å²) in [5, 5.41) is 0. The van der Waals surface area contributed by atoms with Crippen molar-refractivity contribution in [1.82, 2.24) is 0 Å². The molecule has 1 aromatic carbocycles. The van der Waals surface area contributed by atoms with Crippen LogP contribution in [-0.2, 0) is 11.2 Å². The molecule has 0 saturated heterocycles. The van der Waals surface area contributed by atoms with E-state index in [1.54, 1.807) is 0 Å². The zero-order chi connectivity index (χ0) is 15.6. The van der Waals surface area contributed by atoms with E-state index in [2.05, 4.69) is 4.74 Å². The minimum atomic E-state index is -4.95. The number of hydrogen-bond acceptors (Lipinski definition) is 3. The lowest BCUT2D eigenvalue weighted by Crippen LogP contribution is -2.17. The van der Waals surface area contributed by atoms with Gasteiger partial charge in [0.15, 0.2) is 0 Å². The Morgan fingerprint density at radius 3 is 2.25 bits per heavy atom. The number of ether oxygens (including phenoxy) is 1. The van der Waals surface area contributed by atoms with Crippen molar-refractivity contribution in [3.63, 3.8) is 0 Å². The molecule has 0 spiro atoms. The first-order valence-corrected chi connectivity index (χ1v) is 5.92. The molecule has 0 fully saturated rings. The summed E-state index contributed by atoms with van der Waals surface area (Å²) in [6.07, 6.45) is -5.36. The number of rotatable bonds is 4. The molecule has 0 radical (unpaired) electrons. The number of carbonyl (C=O) groups is 1. The highest BCUT2D eigenvalue weighted by Crippen LogP contribution is 2.40. The van der Waals surface area contributed by atoms with Crippen LogP contribution in [0.4, 0.5) is 26.3 Å². The average molecular weight is 318 g/mol. The van der Waals surface area contributed by atoms with Gasteiger partial charge in [-0.3, -0.25) is 4.79 Å². The van der Waals surface area contributed by atoms with E-state index in [-0.39, 0.29) is 10.5 Å². The predicted octanol–water partition coefficient (Wildman–Crippen LogP) is 4.33. The maximum absolute atomic E-state index is 12.3. The number of hydrogen-bond donors (Lipinski definition) is 0. The lowest BCUT2D eigenvalue weighted by molar-refractivity contribution is -0.274. The largest absolute Gasteiger partial charge is 0.573 e. The maximum atomic E-state index is 12.3. The Morgan fingerprint density at radius 2 is 1.80 bits per heavy atom. The molecule has 0 heterocycles. The van der Waals surface area contributed by atoms with E-state index in [1.807, 2.05) is 0 Å². The number of thioether (sulfide) groups is 1. The van der Waals surface area contributed by atoms with E-state index in [1.165, 1.54) is 0 Å². The molecule has 0 bridgehead atoms. The highest BCUT2D eigenvalue weighted by atomic mass is 32.2. The summed E-state index contributed by atoms with van der Waals surface area (Å²) in [6.45, 7) is 1.12.